The topological polar surface area (TPSA) is 107 Å². The lowest BCUT2D eigenvalue weighted by atomic mass is 9.99. The van der Waals surface area contributed by atoms with Crippen LogP contribution in [0.1, 0.15) is 103 Å². The number of amides is 3. The molecule has 3 amide bonds. The number of benzene rings is 4. The first kappa shape index (κ1) is 45.3. The number of hydrazine groups is 1. The second-order valence-electron chi connectivity index (χ2n) is 15.5. The third-order valence-electron chi connectivity index (χ3n) is 10.9. The van der Waals surface area contributed by atoms with Gasteiger partial charge in [0.1, 0.15) is 5.69 Å². The molecule has 13 heteroatoms. The van der Waals surface area contributed by atoms with Crippen LogP contribution >= 0.6 is 46.4 Å². The molecule has 0 bridgehead atoms. The number of nitrogens with zero attached hydrogens (tertiary/aromatic N) is 5. The van der Waals surface area contributed by atoms with Gasteiger partial charge in [0.15, 0.2) is 5.84 Å². The number of allylic oxidation sites excluding steroid dienone is 2. The lowest BCUT2D eigenvalue weighted by Gasteiger charge is -2.19. The van der Waals surface area contributed by atoms with E-state index in [1.807, 2.05) is 42.5 Å². The summed E-state index contributed by atoms with van der Waals surface area (Å²) in [5.41, 5.74) is 4.65. The van der Waals surface area contributed by atoms with Gasteiger partial charge in [-0.25, -0.2) is 10.0 Å². The SMILES string of the molecule is CCCCCCCCCCCC/C=C/CCC(Cl)CC1CC(=O)N(c2ccc(N=C3NN(c4c(Cl)cc(Cl)cc4Cl)C(=O)C3N=Nc3cccc4ccccc34)cc2)C1=O. The number of carbonyl (C=O) groups is 3. The molecule has 4 aromatic rings. The van der Waals surface area contributed by atoms with E-state index in [1.54, 1.807) is 24.3 Å². The van der Waals surface area contributed by atoms with Crippen molar-refractivity contribution in [2.45, 2.75) is 115 Å². The average Bonchev–Trinajstić information content (AvgIpc) is 3.68. The number of hydrogen-bond donors (Lipinski definition) is 1. The van der Waals surface area contributed by atoms with E-state index in [1.165, 1.54) is 86.2 Å². The number of anilines is 2. The zero-order valence-electron chi connectivity index (χ0n) is 34.0. The fourth-order valence-corrected chi connectivity index (χ4v) is 8.97. The molecular weight excluding hydrogens is 838 g/mol. The molecule has 2 aliphatic heterocycles. The number of halogens is 4. The van der Waals surface area contributed by atoms with Gasteiger partial charge in [0.2, 0.25) is 17.9 Å². The van der Waals surface area contributed by atoms with Gasteiger partial charge in [0.05, 0.1) is 27.1 Å². The number of alkyl halides is 1. The predicted octanol–water partition coefficient (Wildman–Crippen LogP) is 14.1. The lowest BCUT2D eigenvalue weighted by molar-refractivity contribution is -0.122. The highest BCUT2D eigenvalue weighted by atomic mass is 35.5. The maximum atomic E-state index is 13.9. The molecule has 2 heterocycles. The summed E-state index contributed by atoms with van der Waals surface area (Å²) in [5.74, 6) is -1.36. The first-order valence-electron chi connectivity index (χ1n) is 21.1. The minimum absolute atomic E-state index is 0.113. The Morgan fingerprint density at radius 3 is 2.15 bits per heavy atom. The molecule has 2 aliphatic rings. The second-order valence-corrected chi connectivity index (χ2v) is 17.3. The normalized spacial score (nSPS) is 18.3. The number of hydrogen-bond acceptors (Lipinski definition) is 6. The van der Waals surface area contributed by atoms with Gasteiger partial charge in [0, 0.05) is 28.1 Å². The van der Waals surface area contributed by atoms with E-state index in [-0.39, 0.29) is 45.2 Å². The Hall–Kier alpha value is -4.28. The van der Waals surface area contributed by atoms with Gasteiger partial charge in [-0.1, -0.05) is 148 Å². The Labute approximate surface area is 373 Å². The number of azo groups is 1. The summed E-state index contributed by atoms with van der Waals surface area (Å²) >= 11 is 25.9. The molecule has 0 spiro atoms. The predicted molar refractivity (Wildman–Crippen MR) is 248 cm³/mol. The van der Waals surface area contributed by atoms with E-state index in [0.717, 1.165) is 30.0 Å². The average molecular weight is 891 g/mol. The Balaban J connectivity index is 1.05. The highest BCUT2D eigenvalue weighted by molar-refractivity contribution is 6.43. The van der Waals surface area contributed by atoms with Gasteiger partial charge in [-0.15, -0.1) is 11.6 Å². The van der Waals surface area contributed by atoms with Crippen LogP contribution in [0.4, 0.5) is 22.7 Å². The summed E-state index contributed by atoms with van der Waals surface area (Å²) < 4.78 is 0. The fraction of sp³-hybridized carbons (Fsp3) is 0.404. The molecule has 0 radical (unpaired) electrons. The first-order valence-corrected chi connectivity index (χ1v) is 22.7. The third kappa shape index (κ3) is 12.0. The molecule has 0 aromatic heterocycles. The van der Waals surface area contributed by atoms with Gasteiger partial charge < -0.3 is 0 Å². The van der Waals surface area contributed by atoms with Crippen LogP contribution < -0.4 is 15.3 Å². The van der Waals surface area contributed by atoms with Crippen molar-refractivity contribution in [3.05, 3.63) is 106 Å². The molecule has 2 fully saturated rings. The van der Waals surface area contributed by atoms with E-state index >= 15 is 0 Å². The molecule has 3 atom stereocenters. The largest absolute Gasteiger partial charge is 0.280 e. The molecule has 4 aromatic carbocycles. The number of nitrogens with one attached hydrogen (secondary N) is 1. The van der Waals surface area contributed by atoms with E-state index in [9.17, 15) is 14.4 Å². The Kier molecular flexibility index (Phi) is 17.0. The Morgan fingerprint density at radius 2 is 1.43 bits per heavy atom. The molecule has 3 unspecified atom stereocenters. The quantitative estimate of drug-likeness (QED) is 0.0296. The van der Waals surface area contributed by atoms with Gasteiger partial charge in [0.25, 0.3) is 5.91 Å². The van der Waals surface area contributed by atoms with Crippen LogP contribution in [0.5, 0.6) is 0 Å². The van der Waals surface area contributed by atoms with Crippen LogP contribution in [0.3, 0.4) is 0 Å². The van der Waals surface area contributed by atoms with Gasteiger partial charge in [-0.3, -0.25) is 24.7 Å². The van der Waals surface area contributed by atoms with Crippen LogP contribution in [0, 0.1) is 5.92 Å². The van der Waals surface area contributed by atoms with Crippen molar-refractivity contribution in [1.82, 2.24) is 5.43 Å². The molecule has 60 heavy (non-hydrogen) atoms. The van der Waals surface area contributed by atoms with Crippen molar-refractivity contribution in [2.24, 2.45) is 21.1 Å². The number of carbonyl (C=O) groups excluding carboxylic acids is 3. The van der Waals surface area contributed by atoms with Gasteiger partial charge in [-0.2, -0.15) is 10.2 Å². The van der Waals surface area contributed by atoms with Gasteiger partial charge >= 0.3 is 0 Å². The summed E-state index contributed by atoms with van der Waals surface area (Å²) in [6.07, 6.45) is 20.9. The van der Waals surface area contributed by atoms with E-state index < -0.39 is 17.9 Å². The number of aliphatic imine (C=N–C) groups is 1. The molecule has 316 valence electrons. The molecule has 9 nitrogen and oxygen atoms in total. The summed E-state index contributed by atoms with van der Waals surface area (Å²) in [6, 6.07) is 21.8. The van der Waals surface area contributed by atoms with Crippen LogP contribution in [-0.4, -0.2) is 35.0 Å². The van der Waals surface area contributed by atoms with Crippen molar-refractivity contribution in [3.8, 4) is 0 Å². The summed E-state index contributed by atoms with van der Waals surface area (Å²) in [7, 11) is 0. The monoisotopic (exact) mass is 888 g/mol. The van der Waals surface area contributed by atoms with Crippen molar-refractivity contribution in [2.75, 3.05) is 9.91 Å². The molecule has 6 rings (SSSR count). The number of rotatable bonds is 21. The third-order valence-corrected chi connectivity index (χ3v) is 12.1. The van der Waals surface area contributed by atoms with Crippen LogP contribution in [-0.2, 0) is 14.4 Å². The standard InChI is InChI=1S/C47H52Cl4N6O3/c1-2-3-4-5-6-7-8-9-10-11-12-13-14-15-21-34(48)28-33-29-42(58)56(46(33)59)37-26-24-36(25-27-37)52-45-43(54-53-41-23-18-20-32-19-16-17-22-38(32)41)47(60)57(55-45)44-39(50)30-35(49)31-40(44)51/h13-14,16-20,22-27,30-31,33-34,43H,2-12,15,21,28-29H2,1H3,(H,52,55)/b14-13+,54-53?. The first-order chi connectivity index (χ1) is 29.1. The van der Waals surface area contributed by atoms with Crippen molar-refractivity contribution >= 4 is 103 Å². The molecule has 0 saturated carbocycles. The van der Waals surface area contributed by atoms with Gasteiger partial charge in [-0.05, 0) is 80.0 Å². The van der Waals surface area contributed by atoms with E-state index in [0.29, 0.717) is 28.5 Å². The van der Waals surface area contributed by atoms with Crippen LogP contribution in [0.2, 0.25) is 15.1 Å². The fourth-order valence-electron chi connectivity index (χ4n) is 7.64. The van der Waals surface area contributed by atoms with Crippen molar-refractivity contribution in [1.29, 1.82) is 0 Å². The smallest absolute Gasteiger partial charge is 0.276 e. The zero-order valence-corrected chi connectivity index (χ0v) is 37.0. The minimum Gasteiger partial charge on any atom is -0.276 e. The zero-order chi connectivity index (χ0) is 42.4. The second kappa shape index (κ2) is 22.5. The highest BCUT2D eigenvalue weighted by Gasteiger charge is 2.42. The van der Waals surface area contributed by atoms with Crippen LogP contribution in [0.15, 0.2) is 106 Å². The molecule has 2 saturated heterocycles. The molecule has 1 N–H and O–H groups in total. The number of amidine groups is 1. The van der Waals surface area contributed by atoms with Crippen LogP contribution in [0.25, 0.3) is 10.8 Å². The lowest BCUT2D eigenvalue weighted by Crippen LogP contribution is -2.36. The number of imide groups is 1. The van der Waals surface area contributed by atoms with Crippen molar-refractivity contribution in [3.63, 3.8) is 0 Å². The van der Waals surface area contributed by atoms with Crippen molar-refractivity contribution < 1.29 is 14.4 Å². The number of unbranched alkanes of at least 4 members (excludes halogenated alkanes) is 10. The van der Waals surface area contributed by atoms with E-state index in [2.05, 4.69) is 34.7 Å². The highest BCUT2D eigenvalue weighted by Crippen LogP contribution is 2.38. The minimum atomic E-state index is -1.18. The Morgan fingerprint density at radius 1 is 0.783 bits per heavy atom. The molecule has 0 aliphatic carbocycles. The maximum absolute atomic E-state index is 13.9. The molecular formula is C47H52Cl4N6O3. The number of fused-ring (bicyclic) bond motifs is 1. The Bertz CT molecular complexity index is 2180. The summed E-state index contributed by atoms with van der Waals surface area (Å²) in [4.78, 5) is 46.6. The summed E-state index contributed by atoms with van der Waals surface area (Å²) in [5, 5.41) is 12.4. The van der Waals surface area contributed by atoms with E-state index in [4.69, 9.17) is 51.4 Å². The summed E-state index contributed by atoms with van der Waals surface area (Å²) in [6.45, 7) is 2.26. The maximum Gasteiger partial charge on any atom is 0.280 e.